The zero-order valence-electron chi connectivity index (χ0n) is 13.3. The van der Waals surface area contributed by atoms with Crippen molar-refractivity contribution in [1.82, 2.24) is 4.98 Å². The molecule has 0 aliphatic heterocycles. The van der Waals surface area contributed by atoms with Crippen LogP contribution in [-0.4, -0.2) is 4.98 Å². The van der Waals surface area contributed by atoms with Gasteiger partial charge in [-0.2, -0.15) is 0 Å². The monoisotopic (exact) mass is 284 g/mol. The number of hydrogen-bond donors (Lipinski definition) is 1. The van der Waals surface area contributed by atoms with E-state index in [0.29, 0.717) is 18.3 Å². The molecule has 0 fully saturated rings. The number of aryl methyl sites for hydroxylation is 2. The number of benzene rings is 1. The number of pyridine rings is 1. The van der Waals surface area contributed by atoms with E-state index in [0.717, 1.165) is 23.4 Å². The molecule has 0 saturated carbocycles. The molecule has 2 rings (SSSR count). The van der Waals surface area contributed by atoms with Crippen LogP contribution < -0.4 is 10.5 Å². The number of rotatable bonds is 5. The summed E-state index contributed by atoms with van der Waals surface area (Å²) >= 11 is 0. The van der Waals surface area contributed by atoms with E-state index >= 15 is 0 Å². The maximum Gasteiger partial charge on any atom is 0.219 e. The van der Waals surface area contributed by atoms with Crippen LogP contribution in [0.3, 0.4) is 0 Å². The number of nitrogens with two attached hydrogens (primary N) is 1. The van der Waals surface area contributed by atoms with Crippen molar-refractivity contribution in [2.75, 3.05) is 0 Å². The molecule has 21 heavy (non-hydrogen) atoms. The summed E-state index contributed by atoms with van der Waals surface area (Å²) in [6.45, 7) is 8.98. The summed E-state index contributed by atoms with van der Waals surface area (Å²) in [6.07, 6.45) is 0.870. The van der Waals surface area contributed by atoms with Crippen molar-refractivity contribution in [3.63, 3.8) is 0 Å². The molecule has 0 bridgehead atoms. The first-order chi connectivity index (χ1) is 10.0. The van der Waals surface area contributed by atoms with Crippen LogP contribution in [0, 0.1) is 6.92 Å². The molecule has 2 aromatic rings. The lowest BCUT2D eigenvalue weighted by Gasteiger charge is -2.15. The Morgan fingerprint density at radius 1 is 1.19 bits per heavy atom. The van der Waals surface area contributed by atoms with Crippen LogP contribution in [0.4, 0.5) is 0 Å². The first-order valence-corrected chi connectivity index (χ1v) is 7.51. The van der Waals surface area contributed by atoms with E-state index in [1.54, 1.807) is 0 Å². The highest BCUT2D eigenvalue weighted by Crippen LogP contribution is 2.31. The third-order valence-electron chi connectivity index (χ3n) is 3.52. The zero-order chi connectivity index (χ0) is 15.4. The van der Waals surface area contributed by atoms with Crippen molar-refractivity contribution in [2.24, 2.45) is 5.73 Å². The van der Waals surface area contributed by atoms with Gasteiger partial charge in [0.1, 0.15) is 5.75 Å². The average Bonchev–Trinajstić information content (AvgIpc) is 2.46. The Bertz CT molecular complexity index is 598. The van der Waals surface area contributed by atoms with Crippen molar-refractivity contribution in [1.29, 1.82) is 0 Å². The van der Waals surface area contributed by atoms with E-state index in [2.05, 4.69) is 50.9 Å². The van der Waals surface area contributed by atoms with Gasteiger partial charge in [0.15, 0.2) is 0 Å². The van der Waals surface area contributed by atoms with E-state index in [9.17, 15) is 0 Å². The highest BCUT2D eigenvalue weighted by molar-refractivity contribution is 5.41. The third kappa shape index (κ3) is 3.82. The fourth-order valence-corrected chi connectivity index (χ4v) is 2.29. The highest BCUT2D eigenvalue weighted by atomic mass is 16.5. The molecule has 0 saturated heterocycles. The highest BCUT2D eigenvalue weighted by Gasteiger charge is 2.11. The van der Waals surface area contributed by atoms with Crippen LogP contribution in [0.5, 0.6) is 11.6 Å². The maximum atomic E-state index is 6.07. The Hall–Kier alpha value is -1.87. The maximum absolute atomic E-state index is 6.07. The summed E-state index contributed by atoms with van der Waals surface area (Å²) in [5.41, 5.74) is 10.2. The van der Waals surface area contributed by atoms with Gasteiger partial charge in [-0.15, -0.1) is 0 Å². The molecule has 1 aromatic heterocycles. The van der Waals surface area contributed by atoms with E-state index in [1.807, 2.05) is 12.1 Å². The summed E-state index contributed by atoms with van der Waals surface area (Å²) < 4.78 is 6.07. The molecule has 0 aliphatic carbocycles. The van der Waals surface area contributed by atoms with Gasteiger partial charge in [0, 0.05) is 18.3 Å². The first kappa shape index (κ1) is 15.5. The number of ether oxygens (including phenoxy) is 1. The summed E-state index contributed by atoms with van der Waals surface area (Å²) in [5, 5.41) is 0. The van der Waals surface area contributed by atoms with Crippen molar-refractivity contribution >= 4 is 0 Å². The quantitative estimate of drug-likeness (QED) is 0.889. The number of nitrogens with zero attached hydrogens (tertiary/aromatic N) is 1. The molecule has 3 heteroatoms. The second kappa shape index (κ2) is 6.72. The molecule has 1 heterocycles. The standard InChI is InChI=1S/C18H24N2O/c1-5-15-9-14(11-19)10-18(20-15)21-17-8-13(4)6-7-16(17)12(2)3/h6-10,12H,5,11,19H2,1-4H3. The smallest absolute Gasteiger partial charge is 0.219 e. The molecule has 2 N–H and O–H groups in total. The molecule has 1 aromatic carbocycles. The lowest BCUT2D eigenvalue weighted by atomic mass is 10.0. The summed E-state index contributed by atoms with van der Waals surface area (Å²) in [4.78, 5) is 4.55. The number of aromatic nitrogens is 1. The van der Waals surface area contributed by atoms with E-state index in [4.69, 9.17) is 10.5 Å². The Labute approximate surface area is 127 Å². The topological polar surface area (TPSA) is 48.1 Å². The van der Waals surface area contributed by atoms with Crippen LogP contribution in [-0.2, 0) is 13.0 Å². The normalized spacial score (nSPS) is 11.0. The van der Waals surface area contributed by atoms with Gasteiger partial charge in [-0.3, -0.25) is 0 Å². The Balaban J connectivity index is 2.39. The van der Waals surface area contributed by atoms with Crippen LogP contribution in [0.15, 0.2) is 30.3 Å². The minimum atomic E-state index is 0.406. The molecule has 0 spiro atoms. The molecule has 112 valence electrons. The summed E-state index contributed by atoms with van der Waals surface area (Å²) in [7, 11) is 0. The summed E-state index contributed by atoms with van der Waals surface area (Å²) in [5.74, 6) is 1.92. The third-order valence-corrected chi connectivity index (χ3v) is 3.52. The molecule has 0 atom stereocenters. The molecule has 0 amide bonds. The van der Waals surface area contributed by atoms with Gasteiger partial charge in [0.05, 0.1) is 0 Å². The van der Waals surface area contributed by atoms with Gasteiger partial charge in [-0.05, 0) is 48.1 Å². The van der Waals surface area contributed by atoms with E-state index in [-0.39, 0.29) is 0 Å². The summed E-state index contributed by atoms with van der Waals surface area (Å²) in [6, 6.07) is 10.3. The van der Waals surface area contributed by atoms with E-state index in [1.165, 1.54) is 11.1 Å². The van der Waals surface area contributed by atoms with Gasteiger partial charge in [-0.1, -0.05) is 32.9 Å². The van der Waals surface area contributed by atoms with Crippen LogP contribution in [0.1, 0.15) is 49.1 Å². The molecular formula is C18H24N2O. The molecular weight excluding hydrogens is 260 g/mol. The van der Waals surface area contributed by atoms with E-state index < -0.39 is 0 Å². The first-order valence-electron chi connectivity index (χ1n) is 7.51. The van der Waals surface area contributed by atoms with Crippen molar-refractivity contribution < 1.29 is 4.74 Å². The SMILES string of the molecule is CCc1cc(CN)cc(Oc2cc(C)ccc2C(C)C)n1. The second-order valence-electron chi connectivity index (χ2n) is 5.66. The van der Waals surface area contributed by atoms with Crippen LogP contribution in [0.2, 0.25) is 0 Å². The Morgan fingerprint density at radius 3 is 2.57 bits per heavy atom. The Kier molecular flexibility index (Phi) is 4.97. The Morgan fingerprint density at radius 2 is 1.95 bits per heavy atom. The fourth-order valence-electron chi connectivity index (χ4n) is 2.29. The van der Waals surface area contributed by atoms with Crippen LogP contribution >= 0.6 is 0 Å². The lowest BCUT2D eigenvalue weighted by Crippen LogP contribution is -2.02. The molecule has 0 unspecified atom stereocenters. The van der Waals surface area contributed by atoms with Gasteiger partial charge < -0.3 is 10.5 Å². The van der Waals surface area contributed by atoms with Crippen molar-refractivity contribution in [2.45, 2.75) is 46.6 Å². The van der Waals surface area contributed by atoms with Gasteiger partial charge in [0.25, 0.3) is 0 Å². The number of hydrogen-bond acceptors (Lipinski definition) is 3. The zero-order valence-corrected chi connectivity index (χ0v) is 13.3. The molecule has 3 nitrogen and oxygen atoms in total. The van der Waals surface area contributed by atoms with Gasteiger partial charge >= 0.3 is 0 Å². The van der Waals surface area contributed by atoms with Crippen molar-refractivity contribution in [3.05, 3.63) is 52.7 Å². The molecule has 0 radical (unpaired) electrons. The second-order valence-corrected chi connectivity index (χ2v) is 5.66. The predicted molar refractivity (Wildman–Crippen MR) is 86.8 cm³/mol. The lowest BCUT2D eigenvalue weighted by molar-refractivity contribution is 0.451. The van der Waals surface area contributed by atoms with Crippen LogP contribution in [0.25, 0.3) is 0 Å². The van der Waals surface area contributed by atoms with Crippen molar-refractivity contribution in [3.8, 4) is 11.6 Å². The average molecular weight is 284 g/mol. The minimum Gasteiger partial charge on any atom is -0.439 e. The largest absolute Gasteiger partial charge is 0.439 e. The van der Waals surface area contributed by atoms with Gasteiger partial charge in [0.2, 0.25) is 5.88 Å². The fraction of sp³-hybridized carbons (Fsp3) is 0.389. The molecule has 0 aliphatic rings. The predicted octanol–water partition coefficient (Wildman–Crippen LogP) is 4.33. The minimum absolute atomic E-state index is 0.406. The van der Waals surface area contributed by atoms with Gasteiger partial charge in [-0.25, -0.2) is 4.98 Å².